The van der Waals surface area contributed by atoms with Crippen LogP contribution >= 0.6 is 0 Å². The summed E-state index contributed by atoms with van der Waals surface area (Å²) in [7, 11) is 2.12. The minimum Gasteiger partial charge on any atom is -0.293 e. The monoisotopic (exact) mass is 245 g/mol. The van der Waals surface area contributed by atoms with Crippen LogP contribution in [0.3, 0.4) is 0 Å². The lowest BCUT2D eigenvalue weighted by Gasteiger charge is -2.31. The van der Waals surface area contributed by atoms with Crippen molar-refractivity contribution in [1.82, 2.24) is 4.90 Å². The van der Waals surface area contributed by atoms with Crippen LogP contribution in [0.2, 0.25) is 0 Å². The van der Waals surface area contributed by atoms with Gasteiger partial charge in [0.15, 0.2) is 5.78 Å². The van der Waals surface area contributed by atoms with Crippen LogP contribution in [0.5, 0.6) is 0 Å². The van der Waals surface area contributed by atoms with E-state index in [1.807, 2.05) is 30.3 Å². The quantitative estimate of drug-likeness (QED) is 0.740. The number of rotatable bonds is 5. The molecule has 0 heterocycles. The summed E-state index contributed by atoms with van der Waals surface area (Å²) >= 11 is 0. The minimum absolute atomic E-state index is 0.0375. The molecule has 0 spiro atoms. The summed E-state index contributed by atoms with van der Waals surface area (Å²) in [5.74, 6) is 0.271. The van der Waals surface area contributed by atoms with Gasteiger partial charge in [-0.1, -0.05) is 50.1 Å². The number of Topliss-reactive ketones (excluding diaryl/α,β-unsaturated/α-hetero) is 1. The van der Waals surface area contributed by atoms with Crippen molar-refractivity contribution in [2.45, 2.75) is 51.1 Å². The van der Waals surface area contributed by atoms with Gasteiger partial charge in [-0.2, -0.15) is 0 Å². The fourth-order valence-corrected chi connectivity index (χ4v) is 3.02. The van der Waals surface area contributed by atoms with E-state index in [9.17, 15) is 4.79 Å². The topological polar surface area (TPSA) is 20.3 Å². The number of carbonyl (C=O) groups is 1. The third-order valence-corrected chi connectivity index (χ3v) is 4.14. The highest BCUT2D eigenvalue weighted by atomic mass is 16.1. The van der Waals surface area contributed by atoms with Crippen LogP contribution in [0.15, 0.2) is 30.3 Å². The standard InChI is InChI=1S/C16H23NO/c1-3-15(17(2)14-11-7-8-12-14)16(18)13-9-5-4-6-10-13/h4-6,9-10,14-15H,3,7-8,11-12H2,1-2H3. The molecule has 18 heavy (non-hydrogen) atoms. The summed E-state index contributed by atoms with van der Waals surface area (Å²) in [6.45, 7) is 2.11. The Morgan fingerprint density at radius 2 is 1.89 bits per heavy atom. The summed E-state index contributed by atoms with van der Waals surface area (Å²) in [6.07, 6.45) is 6.00. The van der Waals surface area contributed by atoms with Crippen molar-refractivity contribution in [2.75, 3.05) is 7.05 Å². The predicted octanol–water partition coefficient (Wildman–Crippen LogP) is 3.52. The van der Waals surface area contributed by atoms with Crippen LogP contribution < -0.4 is 0 Å². The molecule has 1 aromatic carbocycles. The number of hydrogen-bond donors (Lipinski definition) is 0. The second-order valence-electron chi connectivity index (χ2n) is 5.26. The lowest BCUT2D eigenvalue weighted by molar-refractivity contribution is 0.0788. The molecule has 1 unspecified atom stereocenters. The summed E-state index contributed by atoms with van der Waals surface area (Å²) in [5, 5.41) is 0. The highest BCUT2D eigenvalue weighted by Gasteiger charge is 2.29. The lowest BCUT2D eigenvalue weighted by atomic mass is 9.99. The molecule has 1 saturated carbocycles. The molecule has 0 aromatic heterocycles. The molecule has 2 nitrogen and oxygen atoms in total. The molecule has 0 bridgehead atoms. The molecule has 1 fully saturated rings. The molecule has 98 valence electrons. The normalized spacial score (nSPS) is 18.2. The molecular formula is C16H23NO. The van der Waals surface area contributed by atoms with Crippen molar-refractivity contribution in [2.24, 2.45) is 0 Å². The van der Waals surface area contributed by atoms with E-state index in [4.69, 9.17) is 0 Å². The van der Waals surface area contributed by atoms with Crippen molar-refractivity contribution in [1.29, 1.82) is 0 Å². The average molecular weight is 245 g/mol. The highest BCUT2D eigenvalue weighted by Crippen LogP contribution is 2.25. The van der Waals surface area contributed by atoms with E-state index >= 15 is 0 Å². The Balaban J connectivity index is 2.10. The van der Waals surface area contributed by atoms with E-state index in [1.165, 1.54) is 25.7 Å². The molecule has 2 rings (SSSR count). The first-order valence-corrected chi connectivity index (χ1v) is 7.05. The second kappa shape index (κ2) is 6.14. The Labute approximate surface area is 110 Å². The van der Waals surface area contributed by atoms with Crippen molar-refractivity contribution in [3.63, 3.8) is 0 Å². The highest BCUT2D eigenvalue weighted by molar-refractivity contribution is 6.00. The Morgan fingerprint density at radius 3 is 2.44 bits per heavy atom. The summed E-state index contributed by atoms with van der Waals surface area (Å²) in [6, 6.07) is 10.3. The van der Waals surface area contributed by atoms with E-state index in [1.54, 1.807) is 0 Å². The number of likely N-dealkylation sites (N-methyl/N-ethyl adjacent to an activating group) is 1. The first kappa shape index (κ1) is 13.3. The van der Waals surface area contributed by atoms with E-state index in [0.717, 1.165) is 12.0 Å². The van der Waals surface area contributed by atoms with Gasteiger partial charge in [-0.05, 0) is 26.3 Å². The van der Waals surface area contributed by atoms with Gasteiger partial charge < -0.3 is 0 Å². The first-order chi connectivity index (χ1) is 8.74. The number of hydrogen-bond acceptors (Lipinski definition) is 2. The average Bonchev–Trinajstić information content (AvgIpc) is 2.94. The number of carbonyl (C=O) groups excluding carboxylic acids is 1. The van der Waals surface area contributed by atoms with E-state index in [2.05, 4.69) is 18.9 Å². The van der Waals surface area contributed by atoms with Crippen molar-refractivity contribution in [3.05, 3.63) is 35.9 Å². The summed E-state index contributed by atoms with van der Waals surface area (Å²) < 4.78 is 0. The smallest absolute Gasteiger partial charge is 0.179 e. The van der Waals surface area contributed by atoms with Crippen molar-refractivity contribution >= 4 is 5.78 Å². The van der Waals surface area contributed by atoms with Gasteiger partial charge in [0, 0.05) is 11.6 Å². The molecule has 1 aliphatic rings. The first-order valence-electron chi connectivity index (χ1n) is 7.05. The van der Waals surface area contributed by atoms with Crippen LogP contribution in [0.1, 0.15) is 49.4 Å². The van der Waals surface area contributed by atoms with Gasteiger partial charge in [-0.3, -0.25) is 9.69 Å². The van der Waals surface area contributed by atoms with Gasteiger partial charge in [0.1, 0.15) is 0 Å². The summed E-state index contributed by atoms with van der Waals surface area (Å²) in [5.41, 5.74) is 0.842. The van der Waals surface area contributed by atoms with Gasteiger partial charge in [-0.25, -0.2) is 0 Å². The van der Waals surface area contributed by atoms with Gasteiger partial charge in [0.05, 0.1) is 6.04 Å². The molecular weight excluding hydrogens is 222 g/mol. The minimum atomic E-state index is 0.0375. The molecule has 0 saturated heterocycles. The molecule has 0 amide bonds. The Kier molecular flexibility index (Phi) is 4.54. The molecule has 1 aliphatic carbocycles. The lowest BCUT2D eigenvalue weighted by Crippen LogP contribution is -2.43. The predicted molar refractivity (Wildman–Crippen MR) is 74.9 cm³/mol. The van der Waals surface area contributed by atoms with Gasteiger partial charge >= 0.3 is 0 Å². The molecule has 0 radical (unpaired) electrons. The van der Waals surface area contributed by atoms with Gasteiger partial charge in [-0.15, -0.1) is 0 Å². The molecule has 1 atom stereocenters. The maximum absolute atomic E-state index is 12.5. The summed E-state index contributed by atoms with van der Waals surface area (Å²) in [4.78, 5) is 14.8. The Morgan fingerprint density at radius 1 is 1.28 bits per heavy atom. The van der Waals surface area contributed by atoms with Crippen LogP contribution in [0, 0.1) is 0 Å². The molecule has 2 heteroatoms. The van der Waals surface area contributed by atoms with Gasteiger partial charge in [0.25, 0.3) is 0 Å². The second-order valence-corrected chi connectivity index (χ2v) is 5.26. The van der Waals surface area contributed by atoms with Crippen LogP contribution in [-0.4, -0.2) is 29.8 Å². The molecule has 0 N–H and O–H groups in total. The number of benzene rings is 1. The van der Waals surface area contributed by atoms with Crippen molar-refractivity contribution < 1.29 is 4.79 Å². The van der Waals surface area contributed by atoms with E-state index in [-0.39, 0.29) is 11.8 Å². The maximum atomic E-state index is 12.5. The molecule has 1 aromatic rings. The van der Waals surface area contributed by atoms with Gasteiger partial charge in [0.2, 0.25) is 0 Å². The Hall–Kier alpha value is -1.15. The molecule has 0 aliphatic heterocycles. The SMILES string of the molecule is CCC(C(=O)c1ccccc1)N(C)C1CCCC1. The fourth-order valence-electron chi connectivity index (χ4n) is 3.02. The van der Waals surface area contributed by atoms with E-state index < -0.39 is 0 Å². The fraction of sp³-hybridized carbons (Fsp3) is 0.562. The third-order valence-electron chi connectivity index (χ3n) is 4.14. The van der Waals surface area contributed by atoms with Crippen LogP contribution in [0.4, 0.5) is 0 Å². The zero-order valence-electron chi connectivity index (χ0n) is 11.4. The number of nitrogens with zero attached hydrogens (tertiary/aromatic N) is 1. The number of ketones is 1. The van der Waals surface area contributed by atoms with Crippen LogP contribution in [0.25, 0.3) is 0 Å². The third kappa shape index (κ3) is 2.81. The zero-order chi connectivity index (χ0) is 13.0. The maximum Gasteiger partial charge on any atom is 0.179 e. The van der Waals surface area contributed by atoms with Crippen LogP contribution in [-0.2, 0) is 0 Å². The Bertz CT molecular complexity index is 381. The largest absolute Gasteiger partial charge is 0.293 e. The van der Waals surface area contributed by atoms with E-state index in [0.29, 0.717) is 6.04 Å². The zero-order valence-corrected chi connectivity index (χ0v) is 11.4. The van der Waals surface area contributed by atoms with Crippen molar-refractivity contribution in [3.8, 4) is 0 Å².